The molecule has 0 radical (unpaired) electrons. The minimum Gasteiger partial charge on any atom is -0.314 e. The van der Waals surface area contributed by atoms with Crippen molar-refractivity contribution in [2.45, 2.75) is 65.3 Å². The van der Waals surface area contributed by atoms with Gasteiger partial charge in [0.15, 0.2) is 0 Å². The highest BCUT2D eigenvalue weighted by atomic mass is 14.9. The van der Waals surface area contributed by atoms with Gasteiger partial charge in [0.1, 0.15) is 0 Å². The van der Waals surface area contributed by atoms with E-state index in [9.17, 15) is 0 Å². The molecule has 1 N–H and O–H groups in total. The van der Waals surface area contributed by atoms with Crippen molar-refractivity contribution in [2.75, 3.05) is 6.54 Å². The predicted octanol–water partition coefficient (Wildman–Crippen LogP) is 3.59. The van der Waals surface area contributed by atoms with Crippen molar-refractivity contribution in [3.63, 3.8) is 0 Å². The highest BCUT2D eigenvalue weighted by Crippen LogP contribution is 2.35. The molecular weight excluding hydrogens is 170 g/mol. The van der Waals surface area contributed by atoms with Crippen LogP contribution in [-0.2, 0) is 0 Å². The molecule has 0 aromatic carbocycles. The van der Waals surface area contributed by atoms with Gasteiger partial charge in [0.2, 0.25) is 0 Å². The average Bonchev–Trinajstić information content (AvgIpc) is 2.95. The van der Waals surface area contributed by atoms with Crippen molar-refractivity contribution in [1.29, 1.82) is 0 Å². The van der Waals surface area contributed by atoms with E-state index >= 15 is 0 Å². The molecule has 0 aromatic rings. The Labute approximate surface area is 89.7 Å². The molecule has 0 spiro atoms. The normalized spacial score (nSPS) is 20.8. The number of hydrogen-bond acceptors (Lipinski definition) is 1. The largest absolute Gasteiger partial charge is 0.314 e. The fourth-order valence-corrected chi connectivity index (χ4v) is 2.31. The number of hydrogen-bond donors (Lipinski definition) is 1. The summed E-state index contributed by atoms with van der Waals surface area (Å²) in [6.07, 6.45) is 8.35. The molecule has 1 nitrogen and oxygen atoms in total. The van der Waals surface area contributed by atoms with E-state index in [2.05, 4.69) is 26.1 Å². The lowest BCUT2D eigenvalue weighted by Gasteiger charge is -2.21. The second-order valence-corrected chi connectivity index (χ2v) is 5.03. The first kappa shape index (κ1) is 12.0. The Morgan fingerprint density at radius 2 is 1.93 bits per heavy atom. The van der Waals surface area contributed by atoms with Gasteiger partial charge in [0.25, 0.3) is 0 Å². The summed E-state index contributed by atoms with van der Waals surface area (Å²) in [6, 6.07) is 0.830. The third-order valence-corrected chi connectivity index (χ3v) is 3.29. The first-order chi connectivity index (χ1) is 6.77. The fraction of sp³-hybridized carbons (Fsp3) is 1.00. The van der Waals surface area contributed by atoms with Crippen molar-refractivity contribution in [2.24, 2.45) is 11.8 Å². The Morgan fingerprint density at radius 3 is 2.43 bits per heavy atom. The second kappa shape index (κ2) is 6.44. The minimum atomic E-state index is 0.830. The maximum absolute atomic E-state index is 3.72. The fourth-order valence-electron chi connectivity index (χ4n) is 2.31. The first-order valence-corrected chi connectivity index (χ1v) is 6.51. The zero-order valence-corrected chi connectivity index (χ0v) is 10.2. The third-order valence-electron chi connectivity index (χ3n) is 3.29. The zero-order valence-electron chi connectivity index (χ0n) is 10.2. The minimum absolute atomic E-state index is 0.830. The van der Waals surface area contributed by atoms with Crippen LogP contribution in [0.5, 0.6) is 0 Å². The Hall–Kier alpha value is -0.0400. The van der Waals surface area contributed by atoms with Gasteiger partial charge in [-0.2, -0.15) is 0 Å². The van der Waals surface area contributed by atoms with Crippen molar-refractivity contribution in [3.05, 3.63) is 0 Å². The van der Waals surface area contributed by atoms with Gasteiger partial charge in [0, 0.05) is 6.04 Å². The van der Waals surface area contributed by atoms with Gasteiger partial charge in [-0.15, -0.1) is 0 Å². The van der Waals surface area contributed by atoms with Crippen LogP contribution in [0.1, 0.15) is 59.3 Å². The van der Waals surface area contributed by atoms with Crippen LogP contribution in [-0.4, -0.2) is 12.6 Å². The molecule has 1 heteroatoms. The van der Waals surface area contributed by atoms with Gasteiger partial charge in [-0.1, -0.05) is 33.6 Å². The smallest absolute Gasteiger partial charge is 0.00978 e. The Kier molecular flexibility index (Phi) is 5.54. The van der Waals surface area contributed by atoms with Crippen LogP contribution in [0.25, 0.3) is 0 Å². The molecule has 1 fully saturated rings. The molecule has 0 saturated heterocycles. The Morgan fingerprint density at radius 1 is 1.21 bits per heavy atom. The van der Waals surface area contributed by atoms with E-state index in [1.807, 2.05) is 0 Å². The van der Waals surface area contributed by atoms with Gasteiger partial charge in [-0.3, -0.25) is 0 Å². The molecule has 1 aliphatic rings. The summed E-state index contributed by atoms with van der Waals surface area (Å²) in [6.45, 7) is 8.17. The molecule has 0 aromatic heterocycles. The molecule has 14 heavy (non-hydrogen) atoms. The van der Waals surface area contributed by atoms with Gasteiger partial charge in [-0.05, 0) is 44.1 Å². The predicted molar refractivity (Wildman–Crippen MR) is 63.5 cm³/mol. The van der Waals surface area contributed by atoms with E-state index in [4.69, 9.17) is 0 Å². The summed E-state index contributed by atoms with van der Waals surface area (Å²) in [7, 11) is 0. The SMILES string of the molecule is CCCNC(CC(C)CCC)C1CC1. The first-order valence-electron chi connectivity index (χ1n) is 6.51. The molecule has 2 unspecified atom stereocenters. The molecular formula is C13H27N. The van der Waals surface area contributed by atoms with Crippen molar-refractivity contribution in [3.8, 4) is 0 Å². The Bertz CT molecular complexity index is 140. The van der Waals surface area contributed by atoms with E-state index in [1.165, 1.54) is 45.1 Å². The third kappa shape index (κ3) is 4.45. The monoisotopic (exact) mass is 197 g/mol. The number of nitrogens with one attached hydrogen (secondary N) is 1. The van der Waals surface area contributed by atoms with E-state index < -0.39 is 0 Å². The lowest BCUT2D eigenvalue weighted by atomic mass is 9.94. The highest BCUT2D eigenvalue weighted by molar-refractivity contribution is 4.87. The molecule has 0 amide bonds. The van der Waals surface area contributed by atoms with Crippen molar-refractivity contribution in [1.82, 2.24) is 5.32 Å². The maximum atomic E-state index is 3.72. The van der Waals surface area contributed by atoms with Gasteiger partial charge in [0.05, 0.1) is 0 Å². The summed E-state index contributed by atoms with van der Waals surface area (Å²) in [5.41, 5.74) is 0. The van der Waals surface area contributed by atoms with Crippen molar-refractivity contribution >= 4 is 0 Å². The summed E-state index contributed by atoms with van der Waals surface area (Å²) in [5, 5.41) is 3.72. The summed E-state index contributed by atoms with van der Waals surface area (Å²) >= 11 is 0. The van der Waals surface area contributed by atoms with Gasteiger partial charge in [-0.25, -0.2) is 0 Å². The average molecular weight is 197 g/mol. The molecule has 0 heterocycles. The lowest BCUT2D eigenvalue weighted by Crippen LogP contribution is -2.33. The molecule has 0 bridgehead atoms. The molecule has 1 rings (SSSR count). The standard InChI is InChI=1S/C13H27N/c1-4-6-11(3)10-13(12-7-8-12)14-9-5-2/h11-14H,4-10H2,1-3H3. The zero-order chi connectivity index (χ0) is 10.4. The second-order valence-electron chi connectivity index (χ2n) is 5.03. The van der Waals surface area contributed by atoms with Crippen LogP contribution in [0.15, 0.2) is 0 Å². The molecule has 84 valence electrons. The van der Waals surface area contributed by atoms with E-state index in [1.54, 1.807) is 0 Å². The summed E-state index contributed by atoms with van der Waals surface area (Å²) in [4.78, 5) is 0. The number of rotatable bonds is 8. The quantitative estimate of drug-likeness (QED) is 0.627. The highest BCUT2D eigenvalue weighted by Gasteiger charge is 2.31. The van der Waals surface area contributed by atoms with Crippen LogP contribution < -0.4 is 5.32 Å². The van der Waals surface area contributed by atoms with Crippen LogP contribution in [0.3, 0.4) is 0 Å². The lowest BCUT2D eigenvalue weighted by molar-refractivity contribution is 0.355. The molecule has 0 aliphatic heterocycles. The van der Waals surface area contributed by atoms with Gasteiger partial charge < -0.3 is 5.32 Å². The molecule has 1 aliphatic carbocycles. The summed E-state index contributed by atoms with van der Waals surface area (Å²) in [5.74, 6) is 1.93. The molecule has 1 saturated carbocycles. The molecule has 2 atom stereocenters. The van der Waals surface area contributed by atoms with Crippen LogP contribution in [0.2, 0.25) is 0 Å². The van der Waals surface area contributed by atoms with E-state index in [0.717, 1.165) is 17.9 Å². The maximum Gasteiger partial charge on any atom is 0.00978 e. The summed E-state index contributed by atoms with van der Waals surface area (Å²) < 4.78 is 0. The van der Waals surface area contributed by atoms with E-state index in [-0.39, 0.29) is 0 Å². The van der Waals surface area contributed by atoms with Crippen LogP contribution >= 0.6 is 0 Å². The van der Waals surface area contributed by atoms with Crippen molar-refractivity contribution < 1.29 is 0 Å². The van der Waals surface area contributed by atoms with Crippen LogP contribution in [0.4, 0.5) is 0 Å². The van der Waals surface area contributed by atoms with Gasteiger partial charge >= 0.3 is 0 Å². The van der Waals surface area contributed by atoms with Crippen LogP contribution in [0, 0.1) is 11.8 Å². The Balaban J connectivity index is 2.20. The topological polar surface area (TPSA) is 12.0 Å². The van der Waals surface area contributed by atoms with E-state index in [0.29, 0.717) is 0 Å².